The van der Waals surface area contributed by atoms with Crippen molar-refractivity contribution in [2.75, 3.05) is 0 Å². The van der Waals surface area contributed by atoms with E-state index in [4.69, 9.17) is 14.2 Å². The third-order valence-corrected chi connectivity index (χ3v) is 28.3. The number of allylic oxidation sites excluding steroid dienone is 4. The molecule has 3 aliphatic heterocycles. The Morgan fingerprint density at radius 2 is 0.690 bits per heavy atom. The highest BCUT2D eigenvalue weighted by molar-refractivity contribution is 7.86. The minimum Gasteiger partial charge on any atom is -0.456 e. The van der Waals surface area contributed by atoms with Gasteiger partial charge in [0, 0.05) is 38.6 Å². The molecule has 2 atom stereocenters. The smallest absolute Gasteiger partial charge is 0.178 e. The number of fused-ring (bicyclic) bond motifs is 16. The largest absolute Gasteiger partial charge is 0.456 e. The molecule has 0 N–H and O–H groups in total. The van der Waals surface area contributed by atoms with Crippen LogP contribution in [-0.2, 0) is 29.9 Å². The van der Waals surface area contributed by atoms with E-state index >= 15 is 40.0 Å². The van der Waals surface area contributed by atoms with Crippen molar-refractivity contribution >= 4 is 80.3 Å². The molecule has 0 radical (unpaired) electrons. The molecule has 7 aliphatic rings. The van der Waals surface area contributed by atoms with Crippen molar-refractivity contribution in [3.05, 3.63) is 243 Å². The Hall–Kier alpha value is -7.87. The van der Waals surface area contributed by atoms with Gasteiger partial charge in [-0.3, -0.25) is 0 Å². The zero-order valence-electron chi connectivity index (χ0n) is 45.8. The van der Waals surface area contributed by atoms with Crippen molar-refractivity contribution in [2.24, 2.45) is 5.92 Å². The van der Waals surface area contributed by atoms with Crippen LogP contribution in [0.25, 0.3) is 11.1 Å². The maximum Gasteiger partial charge on any atom is 0.178 e. The molecule has 0 bridgehead atoms. The number of halogens is 6. The summed E-state index contributed by atoms with van der Waals surface area (Å²) in [4.78, 5) is 0. The molecule has 15 heteroatoms. The third-order valence-electron chi connectivity index (χ3n) is 19.1. The van der Waals surface area contributed by atoms with E-state index in [1.165, 1.54) is 109 Å². The van der Waals surface area contributed by atoms with Gasteiger partial charge in [0.15, 0.2) is 21.4 Å². The lowest BCUT2D eigenvalue weighted by Gasteiger charge is -2.42. The van der Waals surface area contributed by atoms with Crippen LogP contribution in [0.2, 0.25) is 0 Å². The highest BCUT2D eigenvalue weighted by Crippen LogP contribution is 2.73. The Morgan fingerprint density at radius 3 is 1.06 bits per heavy atom. The number of benzene rings is 9. The first-order valence-corrected chi connectivity index (χ1v) is 32.7. The van der Waals surface area contributed by atoms with Crippen LogP contribution in [0.3, 0.4) is 0 Å². The van der Waals surface area contributed by atoms with E-state index in [2.05, 4.69) is 41.5 Å². The Labute approximate surface area is 479 Å². The summed E-state index contributed by atoms with van der Waals surface area (Å²) in [7, 11) is -12.2. The third kappa shape index (κ3) is 6.49. The second-order valence-electron chi connectivity index (χ2n) is 24.5. The molecular formula is C69H47F6O6P3. The molecule has 9 aromatic carbocycles. The van der Waals surface area contributed by atoms with E-state index in [0.717, 1.165) is 55.7 Å². The molecule has 16 rings (SSSR count). The molecule has 0 saturated heterocycles. The van der Waals surface area contributed by atoms with Gasteiger partial charge < -0.3 is 27.9 Å². The maximum atomic E-state index is 16.4. The Morgan fingerprint density at radius 1 is 0.369 bits per heavy atom. The summed E-state index contributed by atoms with van der Waals surface area (Å²) in [6.45, 7) is 12.8. The maximum absolute atomic E-state index is 16.4. The van der Waals surface area contributed by atoms with Crippen LogP contribution < -0.4 is 62.0 Å². The summed E-state index contributed by atoms with van der Waals surface area (Å²) in [6, 6.07) is 40.3. The SMILES string of the molecule is CC1(C)C2=C(c3ccc(P4(=O)c5cc(F)ccc5Oc5ccc(F)cc54)cc31)C1C(C3=C2c2ccc(P4(=O)c5cc(F)ccc5Oc5ccc(F)cc54)cc2C3(C)C)c2ccc(P3(=O)c4cc(F)ccc4Oc4ccc(F)cc43)cc2C1(C)C. The second-order valence-corrected chi connectivity index (χ2v) is 32.6. The summed E-state index contributed by atoms with van der Waals surface area (Å²) < 4.78 is 160. The van der Waals surface area contributed by atoms with E-state index in [0.29, 0.717) is 15.9 Å². The van der Waals surface area contributed by atoms with Gasteiger partial charge in [-0.05, 0) is 188 Å². The lowest BCUT2D eigenvalue weighted by molar-refractivity contribution is 0.381. The van der Waals surface area contributed by atoms with E-state index in [-0.39, 0.29) is 72.2 Å². The molecule has 0 spiro atoms. The molecule has 3 heterocycles. The Bertz CT molecular complexity index is 4680. The van der Waals surface area contributed by atoms with Gasteiger partial charge in [-0.1, -0.05) is 77.9 Å². The topological polar surface area (TPSA) is 78.9 Å². The molecule has 0 saturated carbocycles. The van der Waals surface area contributed by atoms with Gasteiger partial charge in [0.25, 0.3) is 0 Å². The van der Waals surface area contributed by atoms with Gasteiger partial charge in [-0.15, -0.1) is 0 Å². The summed E-state index contributed by atoms with van der Waals surface area (Å²) >= 11 is 0. The first kappa shape index (κ1) is 51.7. The predicted octanol–water partition coefficient (Wildman–Crippen LogP) is 14.3. The van der Waals surface area contributed by atoms with Crippen molar-refractivity contribution in [3.63, 3.8) is 0 Å². The molecule has 416 valence electrons. The number of ether oxygens (including phenoxy) is 3. The molecule has 9 aromatic rings. The molecule has 0 fully saturated rings. The molecule has 6 nitrogen and oxygen atoms in total. The van der Waals surface area contributed by atoms with E-state index in [1.807, 2.05) is 36.4 Å². The quantitative estimate of drug-likeness (QED) is 0.130. The zero-order valence-corrected chi connectivity index (χ0v) is 48.5. The van der Waals surface area contributed by atoms with Crippen LogP contribution in [0.5, 0.6) is 34.5 Å². The van der Waals surface area contributed by atoms with Gasteiger partial charge in [-0.25, -0.2) is 26.3 Å². The lowest BCUT2D eigenvalue weighted by Crippen LogP contribution is -2.35. The van der Waals surface area contributed by atoms with Crippen molar-refractivity contribution in [2.45, 2.75) is 63.7 Å². The Balaban J connectivity index is 0.941. The average Bonchev–Trinajstić information content (AvgIpc) is 1.49. The standard InChI is InChI=1S/C69H47F6O6P3/c1-67(2)46-31-40(82(76)55-25-34(70)7-19-49(55)79-50-20-8-35(71)26-56(50)82)13-16-43(46)61-64(67)62-44-17-14-41(83(77)57-27-36(72)9-21-51(57)80-52-22-10-37(73)28-58(52)83)32-47(44)68(3,4)66(62)63-45-18-15-42(33-48(45)69(5,6)65(61)63)84(78)59-29-38(74)11-23-53(59)81-54-24-12-39(75)30-60(54)84/h7-33,61,64H,1-6H3. The van der Waals surface area contributed by atoms with Gasteiger partial charge in [0.2, 0.25) is 0 Å². The fraction of sp³-hybridized carbons (Fsp3) is 0.159. The minimum atomic E-state index is -4.08. The second kappa shape index (κ2) is 16.7. The summed E-state index contributed by atoms with van der Waals surface area (Å²) in [6.07, 6.45) is 0. The molecule has 0 amide bonds. The van der Waals surface area contributed by atoms with Crippen LogP contribution >= 0.6 is 21.4 Å². The van der Waals surface area contributed by atoms with Crippen LogP contribution in [0.15, 0.2) is 175 Å². The van der Waals surface area contributed by atoms with Crippen molar-refractivity contribution < 1.29 is 54.2 Å². The molecule has 0 aromatic heterocycles. The van der Waals surface area contributed by atoms with Gasteiger partial charge >= 0.3 is 0 Å². The molecular weight excluding hydrogens is 1130 g/mol. The lowest BCUT2D eigenvalue weighted by atomic mass is 9.60. The first-order chi connectivity index (χ1) is 39.9. The number of hydrogen-bond acceptors (Lipinski definition) is 6. The molecule has 4 aliphatic carbocycles. The zero-order chi connectivity index (χ0) is 58.3. The fourth-order valence-electron chi connectivity index (χ4n) is 15.4. The summed E-state index contributed by atoms with van der Waals surface area (Å²) in [5.74, 6) is -3.40. The summed E-state index contributed by atoms with van der Waals surface area (Å²) in [5.41, 5.74) is 6.60. The van der Waals surface area contributed by atoms with Crippen LogP contribution in [-0.4, -0.2) is 0 Å². The fourth-order valence-corrected chi connectivity index (χ4v) is 24.1. The monoisotopic (exact) mass is 1180 g/mol. The highest BCUT2D eigenvalue weighted by Gasteiger charge is 2.62. The van der Waals surface area contributed by atoms with Crippen LogP contribution in [0.4, 0.5) is 26.3 Å². The van der Waals surface area contributed by atoms with Crippen LogP contribution in [0, 0.1) is 40.8 Å². The molecule has 84 heavy (non-hydrogen) atoms. The Kier molecular flexibility index (Phi) is 10.3. The van der Waals surface area contributed by atoms with Gasteiger partial charge in [-0.2, -0.15) is 0 Å². The summed E-state index contributed by atoms with van der Waals surface area (Å²) in [5, 5.41) is 1.67. The van der Waals surface area contributed by atoms with E-state index in [9.17, 15) is 0 Å². The van der Waals surface area contributed by atoms with Gasteiger partial charge in [0.1, 0.15) is 69.4 Å². The van der Waals surface area contributed by atoms with Crippen LogP contribution in [0.1, 0.15) is 80.8 Å². The first-order valence-electron chi connectivity index (χ1n) is 27.5. The predicted molar refractivity (Wildman–Crippen MR) is 317 cm³/mol. The minimum absolute atomic E-state index is 0.100. The van der Waals surface area contributed by atoms with E-state index < -0.39 is 78.5 Å². The average molecular weight is 1180 g/mol. The molecule has 2 unspecified atom stereocenters. The van der Waals surface area contributed by atoms with E-state index in [1.54, 1.807) is 18.2 Å². The normalized spacial score (nSPS) is 20.6. The van der Waals surface area contributed by atoms with Crippen molar-refractivity contribution in [1.82, 2.24) is 0 Å². The number of hydrogen-bond donors (Lipinski definition) is 0. The van der Waals surface area contributed by atoms with Crippen molar-refractivity contribution in [1.29, 1.82) is 0 Å². The van der Waals surface area contributed by atoms with Gasteiger partial charge in [0.05, 0.1) is 31.8 Å². The number of rotatable bonds is 3. The highest BCUT2D eigenvalue weighted by atomic mass is 31.2. The van der Waals surface area contributed by atoms with Crippen molar-refractivity contribution in [3.8, 4) is 34.5 Å².